The van der Waals surface area contributed by atoms with E-state index >= 15 is 0 Å². The summed E-state index contributed by atoms with van der Waals surface area (Å²) in [5.41, 5.74) is 6.91. The van der Waals surface area contributed by atoms with Crippen LogP contribution in [0.5, 0.6) is 11.5 Å². The fourth-order valence-electron chi connectivity index (χ4n) is 11.1. The van der Waals surface area contributed by atoms with Crippen molar-refractivity contribution in [3.05, 3.63) is 96.1 Å². The van der Waals surface area contributed by atoms with Crippen LogP contribution in [0.15, 0.2) is 84.9 Å². The average Bonchev–Trinajstić information content (AvgIpc) is 3.50. The zero-order chi connectivity index (χ0) is 55.9. The van der Waals surface area contributed by atoms with Crippen molar-refractivity contribution in [1.29, 1.82) is 0 Å². The number of anilines is 6. The molecule has 6 aromatic rings. The number of likely N-dealkylation sites (tertiary alicyclic amines) is 2. The number of rotatable bonds is 29. The second-order valence-corrected chi connectivity index (χ2v) is 21.6. The molecule has 16 nitrogen and oxygen atoms in total. The van der Waals surface area contributed by atoms with Crippen molar-refractivity contribution in [1.82, 2.24) is 39.5 Å². The summed E-state index contributed by atoms with van der Waals surface area (Å²) < 4.78 is 11.4. The van der Waals surface area contributed by atoms with Crippen molar-refractivity contribution >= 4 is 56.7 Å². The number of ether oxygens (including phenoxy) is 2. The number of para-hydroxylation sites is 2. The molecule has 2 aliphatic rings. The van der Waals surface area contributed by atoms with E-state index in [-0.39, 0.29) is 0 Å². The highest BCUT2D eigenvalue weighted by atomic mass is 16.5. The first-order chi connectivity index (χ1) is 38.5. The Hall–Kier alpha value is -6.20. The monoisotopic (exact) mass is 1080 g/mol. The molecule has 2 fully saturated rings. The van der Waals surface area contributed by atoms with Gasteiger partial charge in [-0.2, -0.15) is 9.97 Å². The summed E-state index contributed by atoms with van der Waals surface area (Å²) in [6.07, 6.45) is 10.1. The van der Waals surface area contributed by atoms with Crippen LogP contribution in [-0.2, 0) is 13.1 Å². The van der Waals surface area contributed by atoms with Crippen molar-refractivity contribution in [3.8, 4) is 11.5 Å². The Morgan fingerprint density at radius 1 is 0.481 bits per heavy atom. The van der Waals surface area contributed by atoms with Crippen molar-refractivity contribution in [3.63, 3.8) is 0 Å². The number of nitrogens with zero attached hydrogens (tertiary/aromatic N) is 10. The molecule has 2 saturated heterocycles. The molecule has 0 aliphatic carbocycles. The number of aromatic nitrogens is 4. The number of nitrogens with one attached hydrogen (secondary N) is 4. The Kier molecular flexibility index (Phi) is 24.1. The van der Waals surface area contributed by atoms with Gasteiger partial charge in [0.2, 0.25) is 11.9 Å². The first-order valence-corrected chi connectivity index (χ1v) is 29.6. The second-order valence-electron chi connectivity index (χ2n) is 21.6. The molecule has 0 radical (unpaired) electrons. The molecule has 2 aromatic heterocycles. The molecule has 0 bridgehead atoms. The zero-order valence-corrected chi connectivity index (χ0v) is 49.8. The lowest BCUT2D eigenvalue weighted by Gasteiger charge is -2.34. The summed E-state index contributed by atoms with van der Waals surface area (Å²) >= 11 is 0. The van der Waals surface area contributed by atoms with Gasteiger partial charge in [-0.25, -0.2) is 9.97 Å². The number of benzene rings is 4. The summed E-state index contributed by atoms with van der Waals surface area (Å²) in [6.45, 7) is 23.4. The summed E-state index contributed by atoms with van der Waals surface area (Å²) in [5, 5.41) is 16.7. The first kappa shape index (κ1) is 60.4. The number of unbranched alkanes of at least 4 members (excludes halogenated alkanes) is 3. The number of fused-ring (bicyclic) bond motifs is 2. The molecule has 4 N–H and O–H groups in total. The standard InChI is InChI=1S/C32H49N7O.C31H47N7O/c1-6-38(7-2)21-12-8-11-20-33-32-35-28-15-10-9-14-26(28)31(36-32)34-25-18-22-39(23-19-25)24-27-29(37(3)4)16-13-17-30(27)40-5;1-6-37(7-2)20-11-10-19-32-31-34-27-14-9-8-13-25(27)30(35-31)33-24-17-21-38(22-18-24)23-26-28(36(3)4)15-12-16-29(26)39-5/h9-10,13-17,25H,6-8,11-12,18-24H2,1-5H3,(H2,33,34,35,36);8-9,12-16,24H,6-7,10-11,17-23H2,1-5H3,(H2,32,33,34,35). The SMILES string of the molecule is CCN(CC)CCCCCNc1nc(NC2CCN(Cc3c(OC)cccc3N(C)C)CC2)c2ccccc2n1.CCN(CC)CCCCNc1nc(NC2CCN(Cc3c(OC)cccc3N(C)C)CC2)c2ccccc2n1. The number of methoxy groups -OCH3 is 2. The quantitative estimate of drug-likeness (QED) is 0.0331. The van der Waals surface area contributed by atoms with Gasteiger partial charge in [0.15, 0.2) is 0 Å². The zero-order valence-electron chi connectivity index (χ0n) is 49.8. The maximum atomic E-state index is 5.71. The molecule has 430 valence electrons. The van der Waals surface area contributed by atoms with Gasteiger partial charge in [-0.3, -0.25) is 9.80 Å². The average molecular weight is 1080 g/mol. The van der Waals surface area contributed by atoms with Crippen LogP contribution >= 0.6 is 0 Å². The lowest BCUT2D eigenvalue weighted by Crippen LogP contribution is -2.39. The highest BCUT2D eigenvalue weighted by Crippen LogP contribution is 2.33. The molecule has 16 heteroatoms. The fraction of sp³-hybridized carbons (Fsp3) is 0.556. The van der Waals surface area contributed by atoms with Crippen molar-refractivity contribution < 1.29 is 9.47 Å². The molecule has 0 atom stereocenters. The lowest BCUT2D eigenvalue weighted by atomic mass is 10.0. The Morgan fingerprint density at radius 2 is 0.873 bits per heavy atom. The molecule has 2 aliphatic heterocycles. The van der Waals surface area contributed by atoms with Crippen molar-refractivity contribution in [2.75, 3.05) is 152 Å². The number of hydrogen-bond donors (Lipinski definition) is 4. The van der Waals surface area contributed by atoms with Gasteiger partial charge in [0.05, 0.1) is 25.3 Å². The van der Waals surface area contributed by atoms with E-state index in [0.717, 1.165) is 174 Å². The van der Waals surface area contributed by atoms with E-state index in [1.54, 1.807) is 14.2 Å². The topological polar surface area (TPSA) is 138 Å². The predicted molar refractivity (Wildman–Crippen MR) is 333 cm³/mol. The maximum Gasteiger partial charge on any atom is 0.225 e. The van der Waals surface area contributed by atoms with Crippen LogP contribution in [0, 0.1) is 0 Å². The molecule has 79 heavy (non-hydrogen) atoms. The van der Waals surface area contributed by atoms with E-state index in [4.69, 9.17) is 29.4 Å². The minimum Gasteiger partial charge on any atom is -0.496 e. The van der Waals surface area contributed by atoms with Gasteiger partial charge in [-0.15, -0.1) is 0 Å². The summed E-state index contributed by atoms with van der Waals surface area (Å²) in [4.78, 5) is 33.8. The molecular weight excluding hydrogens is 985 g/mol. The first-order valence-electron chi connectivity index (χ1n) is 29.6. The van der Waals surface area contributed by atoms with Crippen LogP contribution in [0.3, 0.4) is 0 Å². The Bertz CT molecular complexity index is 2730. The molecule has 8 rings (SSSR count). The minimum absolute atomic E-state index is 0.382. The third kappa shape index (κ3) is 17.6. The lowest BCUT2D eigenvalue weighted by molar-refractivity contribution is 0.209. The number of hydrogen-bond acceptors (Lipinski definition) is 16. The van der Waals surface area contributed by atoms with Gasteiger partial charge in [0.25, 0.3) is 0 Å². The molecule has 4 heterocycles. The van der Waals surface area contributed by atoms with E-state index in [0.29, 0.717) is 18.0 Å². The normalized spacial score (nSPS) is 14.6. The Morgan fingerprint density at radius 3 is 1.27 bits per heavy atom. The van der Waals surface area contributed by atoms with Gasteiger partial charge in [0.1, 0.15) is 23.1 Å². The highest BCUT2D eigenvalue weighted by Gasteiger charge is 2.25. The molecule has 0 saturated carbocycles. The van der Waals surface area contributed by atoms with E-state index in [9.17, 15) is 0 Å². The van der Waals surface area contributed by atoms with Crippen LogP contribution in [0.4, 0.5) is 34.9 Å². The summed E-state index contributed by atoms with van der Waals surface area (Å²) in [7, 11) is 11.9. The molecule has 4 aromatic carbocycles. The minimum atomic E-state index is 0.382. The fourth-order valence-corrected chi connectivity index (χ4v) is 11.1. The Labute approximate surface area is 474 Å². The second kappa shape index (κ2) is 31.6. The smallest absolute Gasteiger partial charge is 0.225 e. The Balaban J connectivity index is 0.000000229. The van der Waals surface area contributed by atoms with Crippen molar-refractivity contribution in [2.24, 2.45) is 0 Å². The van der Waals surface area contributed by atoms with Crippen molar-refractivity contribution in [2.45, 2.75) is 111 Å². The molecule has 0 spiro atoms. The van der Waals surface area contributed by atoms with E-state index in [2.05, 4.69) is 185 Å². The van der Waals surface area contributed by atoms with Gasteiger partial charge >= 0.3 is 0 Å². The number of piperidine rings is 2. The van der Waals surface area contributed by atoms with Crippen LogP contribution in [0.2, 0.25) is 0 Å². The predicted octanol–water partition coefficient (Wildman–Crippen LogP) is 11.0. The summed E-state index contributed by atoms with van der Waals surface area (Å²) in [6, 6.07) is 30.0. The van der Waals surface area contributed by atoms with Crippen LogP contribution in [0.1, 0.15) is 96.6 Å². The largest absolute Gasteiger partial charge is 0.496 e. The molecule has 0 unspecified atom stereocenters. The van der Waals surface area contributed by atoms with Crippen LogP contribution in [-0.4, -0.2) is 173 Å². The van der Waals surface area contributed by atoms with E-state index in [1.165, 1.54) is 48.3 Å². The van der Waals surface area contributed by atoms with Crippen LogP contribution in [0.25, 0.3) is 21.8 Å². The third-order valence-corrected chi connectivity index (χ3v) is 15.9. The van der Waals surface area contributed by atoms with Gasteiger partial charge in [-0.1, -0.05) is 70.5 Å². The van der Waals surface area contributed by atoms with E-state index in [1.807, 2.05) is 6.07 Å². The van der Waals surface area contributed by atoms with Gasteiger partial charge < -0.3 is 50.3 Å². The van der Waals surface area contributed by atoms with Gasteiger partial charge in [-0.05, 0) is 139 Å². The van der Waals surface area contributed by atoms with E-state index < -0.39 is 0 Å². The molecular formula is C63H96N14O2. The highest BCUT2D eigenvalue weighted by molar-refractivity contribution is 5.91. The summed E-state index contributed by atoms with van der Waals surface area (Å²) in [5.74, 6) is 5.22. The third-order valence-electron chi connectivity index (χ3n) is 15.9. The maximum absolute atomic E-state index is 5.71. The molecule has 0 amide bonds. The van der Waals surface area contributed by atoms with Crippen LogP contribution < -0.4 is 40.5 Å². The van der Waals surface area contributed by atoms with Gasteiger partial charge in [0, 0.05) is 126 Å².